The van der Waals surface area contributed by atoms with Gasteiger partial charge in [0.25, 0.3) is 0 Å². The van der Waals surface area contributed by atoms with Gasteiger partial charge < -0.3 is 0 Å². The monoisotopic (exact) mass is 242 g/mol. The number of allylic oxidation sites excluding steroid dienone is 2. The van der Waals surface area contributed by atoms with Crippen LogP contribution in [0.5, 0.6) is 0 Å². The molecule has 1 aliphatic rings. The summed E-state index contributed by atoms with van der Waals surface area (Å²) in [7, 11) is 0. The molecule has 1 aromatic rings. The van der Waals surface area contributed by atoms with Gasteiger partial charge in [-0.15, -0.1) is 0 Å². The van der Waals surface area contributed by atoms with E-state index >= 15 is 0 Å². The van der Waals surface area contributed by atoms with Crippen LogP contribution in [0.15, 0.2) is 47.4 Å². The summed E-state index contributed by atoms with van der Waals surface area (Å²) in [5, 5.41) is 3.12. The van der Waals surface area contributed by atoms with Gasteiger partial charge in [-0.25, -0.2) is 0 Å². The van der Waals surface area contributed by atoms with E-state index in [1.165, 1.54) is 37.0 Å². The van der Waals surface area contributed by atoms with Crippen molar-refractivity contribution in [3.05, 3.63) is 42.5 Å². The third-order valence-electron chi connectivity index (χ3n) is 3.07. The van der Waals surface area contributed by atoms with Crippen LogP contribution in [0, 0.1) is 17.1 Å². The molecule has 17 heavy (non-hydrogen) atoms. The van der Waals surface area contributed by atoms with Gasteiger partial charge in [-0.05, 0) is 54.0 Å². The lowest BCUT2D eigenvalue weighted by Gasteiger charge is -2.17. The van der Waals surface area contributed by atoms with Crippen molar-refractivity contribution in [1.82, 2.24) is 0 Å². The molecule has 0 spiro atoms. The van der Waals surface area contributed by atoms with E-state index in [2.05, 4.69) is 29.4 Å². The van der Waals surface area contributed by atoms with Crippen molar-refractivity contribution in [2.45, 2.75) is 37.0 Å². The Kier molecular flexibility index (Phi) is 5.26. The standard InChI is InChI=1S/C16H18S/c1-3-9-15(10-4-1)11-7-8-14-17-16-12-5-2-6-13-16/h2,5-7,11-13,15H,1,3-4,9-10H2/b11-7+. The molecular formula is C16H18S. The maximum absolute atomic E-state index is 3.12. The molecule has 88 valence electrons. The summed E-state index contributed by atoms with van der Waals surface area (Å²) in [5.74, 6) is 3.89. The highest BCUT2D eigenvalue weighted by Gasteiger charge is 2.08. The normalized spacial score (nSPS) is 16.7. The number of benzene rings is 1. The van der Waals surface area contributed by atoms with Crippen molar-refractivity contribution in [3.8, 4) is 11.2 Å². The molecule has 1 saturated carbocycles. The maximum Gasteiger partial charge on any atom is 0.0203 e. The fraction of sp³-hybridized carbons (Fsp3) is 0.375. The van der Waals surface area contributed by atoms with Gasteiger partial charge in [0.05, 0.1) is 0 Å². The largest absolute Gasteiger partial charge is 0.0730 e. The van der Waals surface area contributed by atoms with Crippen molar-refractivity contribution >= 4 is 11.8 Å². The van der Waals surface area contributed by atoms with Gasteiger partial charge in [-0.2, -0.15) is 0 Å². The second-order valence-corrected chi connectivity index (χ2v) is 5.30. The van der Waals surface area contributed by atoms with Crippen LogP contribution in [0.3, 0.4) is 0 Å². The zero-order valence-corrected chi connectivity index (χ0v) is 10.9. The maximum atomic E-state index is 3.12. The Bertz CT molecular complexity index is 402. The average Bonchev–Trinajstić information content (AvgIpc) is 2.41. The Balaban J connectivity index is 1.76. The molecule has 0 atom stereocenters. The Labute approximate surface area is 109 Å². The fourth-order valence-corrected chi connectivity index (χ4v) is 2.66. The van der Waals surface area contributed by atoms with E-state index in [1.54, 1.807) is 11.8 Å². The lowest BCUT2D eigenvalue weighted by Crippen LogP contribution is -2.02. The van der Waals surface area contributed by atoms with Crippen LogP contribution in [0.2, 0.25) is 0 Å². The minimum absolute atomic E-state index is 0.778. The molecule has 0 N–H and O–H groups in total. The van der Waals surface area contributed by atoms with Crippen LogP contribution >= 0.6 is 11.8 Å². The quantitative estimate of drug-likeness (QED) is 0.526. The van der Waals surface area contributed by atoms with Crippen molar-refractivity contribution < 1.29 is 0 Å². The number of rotatable bonds is 2. The first-order chi connectivity index (χ1) is 8.45. The van der Waals surface area contributed by atoms with Gasteiger partial charge in [0, 0.05) is 4.90 Å². The molecule has 0 nitrogen and oxygen atoms in total. The number of thioether (sulfide) groups is 1. The first-order valence-corrected chi connectivity index (χ1v) is 7.16. The first kappa shape index (κ1) is 12.3. The van der Waals surface area contributed by atoms with Crippen LogP contribution < -0.4 is 0 Å². The minimum Gasteiger partial charge on any atom is -0.0730 e. The van der Waals surface area contributed by atoms with Gasteiger partial charge >= 0.3 is 0 Å². The average molecular weight is 242 g/mol. The topological polar surface area (TPSA) is 0 Å². The van der Waals surface area contributed by atoms with Gasteiger partial charge in [0.2, 0.25) is 0 Å². The molecule has 0 saturated heterocycles. The minimum atomic E-state index is 0.778. The Hall–Kier alpha value is -1.13. The summed E-state index contributed by atoms with van der Waals surface area (Å²) in [6, 6.07) is 10.3. The van der Waals surface area contributed by atoms with Crippen molar-refractivity contribution in [2.75, 3.05) is 0 Å². The van der Waals surface area contributed by atoms with Crippen molar-refractivity contribution in [1.29, 1.82) is 0 Å². The third kappa shape index (κ3) is 4.71. The van der Waals surface area contributed by atoms with E-state index in [9.17, 15) is 0 Å². The molecule has 0 bridgehead atoms. The van der Waals surface area contributed by atoms with E-state index in [0.717, 1.165) is 5.92 Å². The van der Waals surface area contributed by atoms with Gasteiger partial charge in [-0.1, -0.05) is 49.5 Å². The predicted octanol–water partition coefficient (Wildman–Crippen LogP) is 4.88. The van der Waals surface area contributed by atoms with Crippen molar-refractivity contribution in [3.63, 3.8) is 0 Å². The van der Waals surface area contributed by atoms with Gasteiger partial charge in [-0.3, -0.25) is 0 Å². The van der Waals surface area contributed by atoms with Crippen LogP contribution in [-0.4, -0.2) is 0 Å². The molecule has 0 amide bonds. The molecule has 1 aliphatic carbocycles. The summed E-state index contributed by atoms with van der Waals surface area (Å²) >= 11 is 1.59. The summed E-state index contributed by atoms with van der Waals surface area (Å²) in [6.07, 6.45) is 11.2. The van der Waals surface area contributed by atoms with Gasteiger partial charge in [0.15, 0.2) is 0 Å². The Morgan fingerprint density at radius 3 is 2.59 bits per heavy atom. The van der Waals surface area contributed by atoms with Crippen LogP contribution in [0.4, 0.5) is 0 Å². The SMILES string of the molecule is C(#CSc1ccccc1)/C=C/C1CCCCC1. The second-order valence-electron chi connectivity index (χ2n) is 4.42. The van der Waals surface area contributed by atoms with E-state index < -0.39 is 0 Å². The second kappa shape index (κ2) is 7.25. The van der Waals surface area contributed by atoms with E-state index in [-0.39, 0.29) is 0 Å². The van der Waals surface area contributed by atoms with E-state index in [0.29, 0.717) is 0 Å². The van der Waals surface area contributed by atoms with E-state index in [4.69, 9.17) is 0 Å². The van der Waals surface area contributed by atoms with Crippen LogP contribution in [-0.2, 0) is 0 Å². The number of hydrogen-bond donors (Lipinski definition) is 0. The van der Waals surface area contributed by atoms with Crippen LogP contribution in [0.25, 0.3) is 0 Å². The molecule has 2 rings (SSSR count). The van der Waals surface area contributed by atoms with E-state index in [1.807, 2.05) is 24.3 Å². The Morgan fingerprint density at radius 1 is 1.06 bits per heavy atom. The highest BCUT2D eigenvalue weighted by molar-refractivity contribution is 8.03. The molecule has 0 aromatic heterocycles. The summed E-state index contributed by atoms with van der Waals surface area (Å²) < 4.78 is 0. The molecule has 0 heterocycles. The first-order valence-electron chi connectivity index (χ1n) is 6.34. The predicted molar refractivity (Wildman–Crippen MR) is 75.8 cm³/mol. The number of hydrogen-bond acceptors (Lipinski definition) is 1. The smallest absolute Gasteiger partial charge is 0.0203 e. The summed E-state index contributed by atoms with van der Waals surface area (Å²) in [4.78, 5) is 1.21. The highest BCUT2D eigenvalue weighted by atomic mass is 32.2. The summed E-state index contributed by atoms with van der Waals surface area (Å²) in [5.41, 5.74) is 0. The van der Waals surface area contributed by atoms with Crippen molar-refractivity contribution in [2.24, 2.45) is 5.92 Å². The van der Waals surface area contributed by atoms with Crippen LogP contribution in [0.1, 0.15) is 32.1 Å². The molecule has 0 radical (unpaired) electrons. The lowest BCUT2D eigenvalue weighted by molar-refractivity contribution is 0.419. The Morgan fingerprint density at radius 2 is 1.82 bits per heavy atom. The lowest BCUT2D eigenvalue weighted by atomic mass is 9.89. The molecule has 0 aliphatic heterocycles. The zero-order valence-electron chi connectivity index (χ0n) is 10.1. The molecular weight excluding hydrogens is 224 g/mol. The fourth-order valence-electron chi connectivity index (χ4n) is 2.12. The zero-order chi connectivity index (χ0) is 11.8. The molecule has 1 heteroatoms. The molecule has 1 fully saturated rings. The molecule has 0 unspecified atom stereocenters. The molecule has 1 aromatic carbocycles. The van der Waals surface area contributed by atoms with Gasteiger partial charge in [0.1, 0.15) is 0 Å². The highest BCUT2D eigenvalue weighted by Crippen LogP contribution is 2.24. The summed E-state index contributed by atoms with van der Waals surface area (Å²) in [6.45, 7) is 0. The third-order valence-corrected chi connectivity index (χ3v) is 3.80.